The van der Waals surface area contributed by atoms with Crippen molar-refractivity contribution >= 4 is 16.6 Å². The van der Waals surface area contributed by atoms with Gasteiger partial charge in [0, 0.05) is 25.0 Å². The van der Waals surface area contributed by atoms with Crippen molar-refractivity contribution in [1.29, 1.82) is 0 Å². The van der Waals surface area contributed by atoms with Crippen molar-refractivity contribution in [1.82, 2.24) is 10.3 Å². The first-order chi connectivity index (χ1) is 10.3. The molecule has 2 heterocycles. The Morgan fingerprint density at radius 3 is 2.95 bits per heavy atom. The Morgan fingerprint density at radius 1 is 1.24 bits per heavy atom. The van der Waals surface area contributed by atoms with Gasteiger partial charge in [-0.3, -0.25) is 0 Å². The minimum absolute atomic E-state index is 0.822. The Bertz CT molecular complexity index is 608. The van der Waals surface area contributed by atoms with Crippen LogP contribution in [0.1, 0.15) is 31.9 Å². The quantitative estimate of drug-likeness (QED) is 0.933. The summed E-state index contributed by atoms with van der Waals surface area (Å²) in [5, 5.41) is 5.80. The first-order valence-electron chi connectivity index (χ1n) is 8.06. The molecule has 1 aliphatic rings. The molecule has 1 aromatic carbocycles. The van der Waals surface area contributed by atoms with Crippen molar-refractivity contribution < 1.29 is 0 Å². The summed E-state index contributed by atoms with van der Waals surface area (Å²) >= 11 is 0. The Morgan fingerprint density at radius 2 is 2.10 bits per heavy atom. The first-order valence-corrected chi connectivity index (χ1v) is 8.06. The lowest BCUT2D eigenvalue weighted by molar-refractivity contribution is 0.521. The van der Waals surface area contributed by atoms with E-state index >= 15 is 0 Å². The molecule has 0 radical (unpaired) electrons. The molecule has 0 bridgehead atoms. The van der Waals surface area contributed by atoms with E-state index in [-0.39, 0.29) is 0 Å². The molecule has 3 nitrogen and oxygen atoms in total. The maximum Gasteiger partial charge on any atom is 0.136 e. The maximum absolute atomic E-state index is 4.94. The van der Waals surface area contributed by atoms with Gasteiger partial charge >= 0.3 is 0 Å². The number of nitrogens with zero attached hydrogens (tertiary/aromatic N) is 2. The molecule has 3 heteroatoms. The van der Waals surface area contributed by atoms with Crippen molar-refractivity contribution in [3.8, 4) is 0 Å². The van der Waals surface area contributed by atoms with Crippen LogP contribution in [0.15, 0.2) is 30.3 Å². The summed E-state index contributed by atoms with van der Waals surface area (Å²) < 4.78 is 0. The maximum atomic E-state index is 4.94. The molecule has 1 fully saturated rings. The predicted octanol–water partition coefficient (Wildman–Crippen LogP) is 3.58. The van der Waals surface area contributed by atoms with Gasteiger partial charge in [-0.1, -0.05) is 31.2 Å². The highest BCUT2D eigenvalue weighted by Gasteiger charge is 2.17. The zero-order chi connectivity index (χ0) is 14.7. The van der Waals surface area contributed by atoms with Crippen LogP contribution >= 0.6 is 0 Å². The summed E-state index contributed by atoms with van der Waals surface area (Å²) in [6, 6.07) is 10.8. The summed E-state index contributed by atoms with van der Waals surface area (Å²) in [7, 11) is 1.98. The number of pyridine rings is 1. The van der Waals surface area contributed by atoms with Gasteiger partial charge in [-0.05, 0) is 43.7 Å². The lowest BCUT2D eigenvalue weighted by Gasteiger charge is -2.24. The molecular formula is C18H25N3. The van der Waals surface area contributed by atoms with Crippen molar-refractivity contribution in [2.45, 2.75) is 32.7 Å². The van der Waals surface area contributed by atoms with E-state index in [9.17, 15) is 0 Å². The normalized spacial score (nSPS) is 19.7. The molecule has 0 aliphatic carbocycles. The van der Waals surface area contributed by atoms with Crippen LogP contribution in [0.25, 0.3) is 10.8 Å². The van der Waals surface area contributed by atoms with Crippen LogP contribution in [-0.2, 0) is 6.54 Å². The minimum Gasteiger partial charge on any atom is -0.356 e. The number of hydrogen-bond acceptors (Lipinski definition) is 3. The van der Waals surface area contributed by atoms with Gasteiger partial charge in [-0.15, -0.1) is 0 Å². The molecule has 1 saturated heterocycles. The van der Waals surface area contributed by atoms with Gasteiger partial charge in [-0.25, -0.2) is 4.98 Å². The van der Waals surface area contributed by atoms with Crippen LogP contribution in [0.5, 0.6) is 0 Å². The topological polar surface area (TPSA) is 28.2 Å². The van der Waals surface area contributed by atoms with E-state index < -0.39 is 0 Å². The zero-order valence-corrected chi connectivity index (χ0v) is 13.1. The molecule has 1 unspecified atom stereocenters. The van der Waals surface area contributed by atoms with Gasteiger partial charge in [0.1, 0.15) is 5.82 Å². The fraction of sp³-hybridized carbons (Fsp3) is 0.500. The number of hydrogen-bond donors (Lipinski definition) is 1. The Labute approximate surface area is 127 Å². The molecule has 0 amide bonds. The van der Waals surface area contributed by atoms with Crippen molar-refractivity contribution in [2.24, 2.45) is 5.92 Å². The monoisotopic (exact) mass is 283 g/mol. The molecule has 21 heavy (non-hydrogen) atoms. The van der Waals surface area contributed by atoms with E-state index in [1.165, 1.54) is 35.9 Å². The van der Waals surface area contributed by atoms with Crippen LogP contribution in [0.2, 0.25) is 0 Å². The average Bonchev–Trinajstić information content (AvgIpc) is 2.71. The van der Waals surface area contributed by atoms with Crippen LogP contribution in [0.4, 0.5) is 5.82 Å². The average molecular weight is 283 g/mol. The SMILES string of the molecule is CNCc1cc2ccccc2c(N2CCCC(C)CC2)n1. The number of rotatable bonds is 3. The highest BCUT2D eigenvalue weighted by molar-refractivity contribution is 5.92. The standard InChI is InChI=1S/C18H25N3/c1-14-6-5-10-21(11-9-14)18-17-8-4-3-7-15(17)12-16(20-18)13-19-2/h3-4,7-8,12,14,19H,5-6,9-11,13H2,1-2H3. The van der Waals surface area contributed by atoms with Crippen LogP contribution in [0.3, 0.4) is 0 Å². The minimum atomic E-state index is 0.822. The largest absolute Gasteiger partial charge is 0.356 e. The number of aromatic nitrogens is 1. The third-order valence-electron chi connectivity index (χ3n) is 4.45. The van der Waals surface area contributed by atoms with Crippen LogP contribution < -0.4 is 10.2 Å². The van der Waals surface area contributed by atoms with Gasteiger partial charge in [0.15, 0.2) is 0 Å². The highest BCUT2D eigenvalue weighted by Crippen LogP contribution is 2.28. The molecule has 1 atom stereocenters. The van der Waals surface area contributed by atoms with E-state index in [0.717, 1.165) is 31.2 Å². The number of benzene rings is 1. The molecule has 0 spiro atoms. The van der Waals surface area contributed by atoms with Crippen molar-refractivity contribution in [2.75, 3.05) is 25.0 Å². The smallest absolute Gasteiger partial charge is 0.136 e. The molecule has 2 aromatic rings. The van der Waals surface area contributed by atoms with Gasteiger partial charge < -0.3 is 10.2 Å². The van der Waals surface area contributed by atoms with E-state index in [1.807, 2.05) is 7.05 Å². The molecule has 3 rings (SSSR count). The van der Waals surface area contributed by atoms with E-state index in [4.69, 9.17) is 4.98 Å². The third kappa shape index (κ3) is 3.18. The summed E-state index contributed by atoms with van der Waals surface area (Å²) in [5.74, 6) is 2.01. The first kappa shape index (κ1) is 14.3. The fourth-order valence-electron chi connectivity index (χ4n) is 3.22. The van der Waals surface area contributed by atoms with E-state index in [2.05, 4.69) is 47.5 Å². The molecule has 1 N–H and O–H groups in total. The summed E-state index contributed by atoms with van der Waals surface area (Å²) in [6.45, 7) is 5.44. The Hall–Kier alpha value is -1.61. The number of anilines is 1. The van der Waals surface area contributed by atoms with E-state index in [1.54, 1.807) is 0 Å². The molecule has 1 aromatic heterocycles. The van der Waals surface area contributed by atoms with Gasteiger partial charge in [0.05, 0.1) is 5.69 Å². The number of nitrogens with one attached hydrogen (secondary N) is 1. The van der Waals surface area contributed by atoms with Crippen molar-refractivity contribution in [3.05, 3.63) is 36.0 Å². The number of fused-ring (bicyclic) bond motifs is 1. The predicted molar refractivity (Wildman–Crippen MR) is 89.7 cm³/mol. The zero-order valence-electron chi connectivity index (χ0n) is 13.1. The van der Waals surface area contributed by atoms with Crippen LogP contribution in [-0.4, -0.2) is 25.1 Å². The summed E-state index contributed by atoms with van der Waals surface area (Å²) in [4.78, 5) is 7.44. The highest BCUT2D eigenvalue weighted by atomic mass is 15.2. The van der Waals surface area contributed by atoms with Gasteiger partial charge in [0.2, 0.25) is 0 Å². The molecule has 112 valence electrons. The van der Waals surface area contributed by atoms with E-state index in [0.29, 0.717) is 0 Å². The lowest BCUT2D eigenvalue weighted by Crippen LogP contribution is -2.26. The third-order valence-corrected chi connectivity index (χ3v) is 4.45. The fourth-order valence-corrected chi connectivity index (χ4v) is 3.22. The molecule has 0 saturated carbocycles. The second kappa shape index (κ2) is 6.44. The molecular weight excluding hydrogens is 258 g/mol. The van der Waals surface area contributed by atoms with Gasteiger partial charge in [0.25, 0.3) is 0 Å². The lowest BCUT2D eigenvalue weighted by atomic mass is 10.0. The summed E-state index contributed by atoms with van der Waals surface area (Å²) in [5.41, 5.74) is 1.13. The molecule has 1 aliphatic heterocycles. The van der Waals surface area contributed by atoms with Crippen LogP contribution in [0, 0.1) is 5.92 Å². The summed E-state index contributed by atoms with van der Waals surface area (Å²) in [6.07, 6.45) is 3.88. The second-order valence-corrected chi connectivity index (χ2v) is 6.21. The Kier molecular flexibility index (Phi) is 4.39. The Balaban J connectivity index is 2.02. The van der Waals surface area contributed by atoms with Crippen molar-refractivity contribution in [3.63, 3.8) is 0 Å². The van der Waals surface area contributed by atoms with Gasteiger partial charge in [-0.2, -0.15) is 0 Å². The second-order valence-electron chi connectivity index (χ2n) is 6.21.